The first kappa shape index (κ1) is 43.7. The van der Waals surface area contributed by atoms with E-state index in [9.17, 15) is 19.2 Å². The summed E-state index contributed by atoms with van der Waals surface area (Å²) in [6.45, 7) is 4.32. The quantitative estimate of drug-likeness (QED) is 0.0658. The molecule has 11 heteroatoms. The fourth-order valence-electron chi connectivity index (χ4n) is 8.28. The SMILES string of the molecule is CCCc1ccc(CCC(=O)O[C@H]2CC[C@H](C(=O)Oc3ccc(OC(=O)[C@H]4CC[C@H](OC(=O)CCc5ccc(CCC)cc5)CC4)c4nc(-c5cccs5)cnc34)CC2)cc1. The number of rotatable bonds is 17. The molecule has 7 rings (SSSR count). The van der Waals surface area contributed by atoms with Gasteiger partial charge in [0.15, 0.2) is 11.5 Å². The van der Waals surface area contributed by atoms with Crippen LogP contribution in [0, 0.1) is 11.8 Å². The van der Waals surface area contributed by atoms with Crippen molar-refractivity contribution >= 4 is 46.2 Å². The van der Waals surface area contributed by atoms with E-state index >= 15 is 0 Å². The molecule has 2 heterocycles. The number of aryl methyl sites for hydroxylation is 4. The first-order valence-electron chi connectivity index (χ1n) is 22.1. The third-order valence-electron chi connectivity index (χ3n) is 11.8. The van der Waals surface area contributed by atoms with Crippen LogP contribution in [0.15, 0.2) is 84.4 Å². The molecule has 2 fully saturated rings. The summed E-state index contributed by atoms with van der Waals surface area (Å²) in [4.78, 5) is 62.9. The van der Waals surface area contributed by atoms with Crippen molar-refractivity contribution in [3.8, 4) is 22.1 Å². The topological polar surface area (TPSA) is 131 Å². The van der Waals surface area contributed by atoms with Crippen molar-refractivity contribution in [3.63, 3.8) is 0 Å². The highest BCUT2D eigenvalue weighted by Gasteiger charge is 2.32. The van der Waals surface area contributed by atoms with Crippen LogP contribution in [-0.2, 0) is 54.3 Å². The molecule has 0 radical (unpaired) electrons. The van der Waals surface area contributed by atoms with Gasteiger partial charge in [-0.3, -0.25) is 19.2 Å². The maximum absolute atomic E-state index is 13.6. The van der Waals surface area contributed by atoms with Crippen molar-refractivity contribution < 1.29 is 38.1 Å². The van der Waals surface area contributed by atoms with E-state index in [1.807, 2.05) is 17.5 Å². The van der Waals surface area contributed by atoms with Gasteiger partial charge in [0.25, 0.3) is 0 Å². The number of benzene rings is 3. The van der Waals surface area contributed by atoms with Crippen LogP contribution in [0.2, 0.25) is 0 Å². The molecule has 0 saturated heterocycles. The molecule has 2 aliphatic rings. The van der Waals surface area contributed by atoms with Gasteiger partial charge in [-0.1, -0.05) is 81.3 Å². The molecule has 2 aliphatic carbocycles. The van der Waals surface area contributed by atoms with E-state index in [0.29, 0.717) is 93.8 Å². The number of esters is 4. The monoisotopic (exact) mass is 844 g/mol. The van der Waals surface area contributed by atoms with Gasteiger partial charge in [0.2, 0.25) is 0 Å². The van der Waals surface area contributed by atoms with Crippen molar-refractivity contribution in [1.82, 2.24) is 9.97 Å². The Morgan fingerprint density at radius 1 is 0.574 bits per heavy atom. The number of ether oxygens (including phenoxy) is 4. The van der Waals surface area contributed by atoms with E-state index in [2.05, 4.69) is 67.4 Å². The Morgan fingerprint density at radius 3 is 1.44 bits per heavy atom. The minimum atomic E-state index is -0.385. The fourth-order valence-corrected chi connectivity index (χ4v) is 8.96. The number of carbonyl (C=O) groups is 4. The summed E-state index contributed by atoms with van der Waals surface area (Å²) in [5.74, 6) is -1.47. The van der Waals surface area contributed by atoms with Crippen LogP contribution in [0.1, 0.15) is 113 Å². The molecular formula is C50H56N2O8S. The minimum Gasteiger partial charge on any atom is -0.462 e. The van der Waals surface area contributed by atoms with E-state index in [1.54, 1.807) is 18.3 Å². The number of fused-ring (bicyclic) bond motifs is 1. The number of hydrogen-bond acceptors (Lipinski definition) is 11. The zero-order chi connectivity index (χ0) is 42.6. The summed E-state index contributed by atoms with van der Waals surface area (Å²) in [5, 5.41) is 1.95. The van der Waals surface area contributed by atoms with Crippen LogP contribution in [0.4, 0.5) is 0 Å². The Bertz CT molecular complexity index is 2240. The zero-order valence-electron chi connectivity index (χ0n) is 35.3. The Labute approximate surface area is 362 Å². The summed E-state index contributed by atoms with van der Waals surface area (Å²) < 4.78 is 23.6. The molecule has 0 N–H and O–H groups in total. The van der Waals surface area contributed by atoms with Crippen LogP contribution in [0.3, 0.4) is 0 Å². The van der Waals surface area contributed by atoms with Gasteiger partial charge in [-0.05, 0) is 123 Å². The minimum absolute atomic E-state index is 0.222. The maximum Gasteiger partial charge on any atom is 0.314 e. The number of hydrogen-bond donors (Lipinski definition) is 0. The average molecular weight is 845 g/mol. The molecule has 0 unspecified atom stereocenters. The lowest BCUT2D eigenvalue weighted by Crippen LogP contribution is -2.30. The number of thiophene rings is 1. The Morgan fingerprint density at radius 2 is 1.02 bits per heavy atom. The zero-order valence-corrected chi connectivity index (χ0v) is 36.1. The van der Waals surface area contributed by atoms with Gasteiger partial charge in [-0.15, -0.1) is 11.3 Å². The van der Waals surface area contributed by atoms with Crippen molar-refractivity contribution in [1.29, 1.82) is 0 Å². The Hall–Kier alpha value is -5.42. The normalized spacial score (nSPS) is 18.9. The molecule has 2 aromatic heterocycles. The molecule has 0 amide bonds. The molecule has 61 heavy (non-hydrogen) atoms. The summed E-state index contributed by atoms with van der Waals surface area (Å²) in [6.07, 6.45) is 11.8. The highest BCUT2D eigenvalue weighted by atomic mass is 32.1. The number of aromatic nitrogens is 2. The third kappa shape index (κ3) is 12.1. The van der Waals surface area contributed by atoms with E-state index in [4.69, 9.17) is 23.9 Å². The van der Waals surface area contributed by atoms with Gasteiger partial charge in [0.1, 0.15) is 23.2 Å². The fraction of sp³-hybridized carbons (Fsp3) is 0.440. The first-order chi connectivity index (χ1) is 29.7. The largest absolute Gasteiger partial charge is 0.462 e. The second-order valence-electron chi connectivity index (χ2n) is 16.4. The van der Waals surface area contributed by atoms with Gasteiger partial charge in [-0.2, -0.15) is 0 Å². The molecule has 10 nitrogen and oxygen atoms in total. The Balaban J connectivity index is 0.912. The van der Waals surface area contributed by atoms with Crippen LogP contribution in [0.5, 0.6) is 11.5 Å². The van der Waals surface area contributed by atoms with Gasteiger partial charge in [-0.25, -0.2) is 9.97 Å². The molecule has 2 saturated carbocycles. The lowest BCUT2D eigenvalue weighted by molar-refractivity contribution is -0.153. The van der Waals surface area contributed by atoms with Crippen LogP contribution in [0.25, 0.3) is 21.6 Å². The smallest absolute Gasteiger partial charge is 0.314 e. The van der Waals surface area contributed by atoms with E-state index in [1.165, 1.54) is 22.5 Å². The first-order valence-corrected chi connectivity index (χ1v) is 22.9. The summed E-state index contributed by atoms with van der Waals surface area (Å²) in [6, 6.07) is 23.9. The third-order valence-corrected chi connectivity index (χ3v) is 12.7. The molecule has 5 aromatic rings. The van der Waals surface area contributed by atoms with E-state index in [-0.39, 0.29) is 59.4 Å². The van der Waals surface area contributed by atoms with Crippen molar-refractivity contribution in [2.24, 2.45) is 11.8 Å². The molecule has 0 spiro atoms. The average Bonchev–Trinajstić information content (AvgIpc) is 3.83. The highest BCUT2D eigenvalue weighted by molar-refractivity contribution is 7.13. The molecular weight excluding hydrogens is 789 g/mol. The maximum atomic E-state index is 13.6. The van der Waals surface area contributed by atoms with Gasteiger partial charge < -0.3 is 18.9 Å². The summed E-state index contributed by atoms with van der Waals surface area (Å²) >= 11 is 1.51. The molecule has 3 aromatic carbocycles. The highest BCUT2D eigenvalue weighted by Crippen LogP contribution is 2.36. The number of nitrogens with zero attached hydrogens (tertiary/aromatic N) is 2. The molecule has 0 atom stereocenters. The van der Waals surface area contributed by atoms with Crippen LogP contribution in [-0.4, -0.2) is 46.1 Å². The predicted octanol–water partition coefficient (Wildman–Crippen LogP) is 10.5. The molecule has 320 valence electrons. The van der Waals surface area contributed by atoms with E-state index < -0.39 is 0 Å². The summed E-state index contributed by atoms with van der Waals surface area (Å²) in [7, 11) is 0. The summed E-state index contributed by atoms with van der Waals surface area (Å²) in [5.41, 5.74) is 6.07. The standard InChI is InChI=1S/C50H56N2O8S/c1-3-6-33-9-13-35(14-10-33)17-29-45(53)57-39-23-19-37(20-24-39)49(55)59-42-27-28-43(48-47(42)51-32-41(52-48)44-8-5-31-61-44)60-50(56)38-21-25-40(26-22-38)58-46(54)30-18-36-15-11-34(7-4-2)12-16-36/h5,8-16,27-28,31-32,37-40H,3-4,6-7,17-26,29-30H2,1-2H3/t37-,38-,39-,40-. The van der Waals surface area contributed by atoms with Crippen LogP contribution >= 0.6 is 11.3 Å². The molecule has 0 aliphatic heterocycles. The van der Waals surface area contributed by atoms with Crippen LogP contribution < -0.4 is 9.47 Å². The van der Waals surface area contributed by atoms with Gasteiger partial charge in [0, 0.05) is 12.8 Å². The lowest BCUT2D eigenvalue weighted by Gasteiger charge is -2.27. The molecule has 0 bridgehead atoms. The van der Waals surface area contributed by atoms with Crippen molar-refractivity contribution in [2.75, 3.05) is 0 Å². The van der Waals surface area contributed by atoms with Gasteiger partial charge >= 0.3 is 23.9 Å². The van der Waals surface area contributed by atoms with E-state index in [0.717, 1.165) is 41.7 Å². The second-order valence-corrected chi connectivity index (χ2v) is 17.3. The lowest BCUT2D eigenvalue weighted by atomic mass is 9.87. The van der Waals surface area contributed by atoms with Crippen molar-refractivity contribution in [2.45, 2.75) is 129 Å². The Kier molecular flexibility index (Phi) is 15.3. The second kappa shape index (κ2) is 21.4. The predicted molar refractivity (Wildman–Crippen MR) is 235 cm³/mol. The van der Waals surface area contributed by atoms with Gasteiger partial charge in [0.05, 0.1) is 28.6 Å². The number of carbonyl (C=O) groups excluding carboxylic acids is 4. The van der Waals surface area contributed by atoms with Crippen molar-refractivity contribution in [3.05, 3.63) is 107 Å².